The summed E-state index contributed by atoms with van der Waals surface area (Å²) < 4.78 is 102. The van der Waals surface area contributed by atoms with Gasteiger partial charge in [0.05, 0.1) is 39.6 Å². The molecule has 0 aromatic heterocycles. The van der Waals surface area contributed by atoms with Gasteiger partial charge in [0.1, 0.15) is 45.6 Å². The van der Waals surface area contributed by atoms with Crippen molar-refractivity contribution in [1.29, 1.82) is 0 Å². The first kappa shape index (κ1) is 159. The largest absolute Gasteiger partial charge is 6.00 e. The van der Waals surface area contributed by atoms with Gasteiger partial charge in [0.25, 0.3) is 0 Å². The molecular weight excluding hydrogens is 2010 g/mol. The van der Waals surface area contributed by atoms with Gasteiger partial charge < -0.3 is 83.9 Å². The van der Waals surface area contributed by atoms with Crippen molar-refractivity contribution in [3.8, 4) is 0 Å². The van der Waals surface area contributed by atoms with E-state index in [2.05, 4.69) is 83.1 Å². The third kappa shape index (κ3) is 154. The van der Waals surface area contributed by atoms with Crippen LogP contribution in [-0.2, 0) is 75.6 Å². The van der Waals surface area contributed by atoms with Crippen molar-refractivity contribution in [2.45, 2.75) is 699 Å². The van der Waals surface area contributed by atoms with Crippen molar-refractivity contribution in [2.75, 3.05) is 76.6 Å². The van der Waals surface area contributed by atoms with Crippen molar-refractivity contribution < 1.29 is 105 Å². The van der Waals surface area contributed by atoms with E-state index in [1.165, 1.54) is 424 Å². The van der Waals surface area contributed by atoms with Crippen LogP contribution in [0.3, 0.4) is 0 Å². The summed E-state index contributed by atoms with van der Waals surface area (Å²) in [6, 6.07) is 0. The first-order valence-corrected chi connectivity index (χ1v) is 73.8. The summed E-state index contributed by atoms with van der Waals surface area (Å²) in [6.07, 6.45) is 116. The van der Waals surface area contributed by atoms with E-state index in [9.17, 15) is 56.8 Å². The summed E-state index contributed by atoms with van der Waals surface area (Å²) in [7, 11) is -21.5. The molecule has 0 saturated carbocycles. The number of hydrogen-bond acceptors (Lipinski definition) is 18. The Labute approximate surface area is 920 Å². The molecule has 0 N–H and O–H groups in total. The van der Waals surface area contributed by atoms with Crippen LogP contribution in [-0.4, -0.2) is 76.6 Å². The summed E-state index contributed by atoms with van der Waals surface area (Å²) in [6.45, 7) is 29.0. The van der Waals surface area contributed by atoms with Gasteiger partial charge in [-0.1, -0.05) is 622 Å². The molecule has 0 aliphatic carbocycles. The van der Waals surface area contributed by atoms with Gasteiger partial charge in [0, 0.05) is 37.0 Å². The Balaban J connectivity index is -0.000000315. The summed E-state index contributed by atoms with van der Waals surface area (Å²) in [5, 5.41) is 0. The smallest absolute Gasteiger partial charge is 0.778 e. The van der Waals surface area contributed by atoms with Gasteiger partial charge in [-0.15, -0.1) is 0 Å². The molecule has 6 atom stereocenters. The second kappa shape index (κ2) is 132. The Morgan fingerprint density at radius 3 is 0.248 bits per heavy atom. The summed E-state index contributed by atoms with van der Waals surface area (Å²) in [4.78, 5) is 70.9. The molecule has 18 nitrogen and oxygen atoms in total. The Kier molecular flexibility index (Phi) is 146. The van der Waals surface area contributed by atoms with Gasteiger partial charge in [0.15, 0.2) is 0 Å². The fourth-order valence-corrected chi connectivity index (χ4v) is 24.5. The van der Waals surface area contributed by atoms with Crippen LogP contribution < -0.4 is 29.4 Å². The Hall–Kier alpha value is 1.59. The topological polar surface area (TPSA) is 296 Å². The minimum absolute atomic E-state index is 0. The molecule has 0 fully saturated rings. The van der Waals surface area contributed by atoms with Crippen LogP contribution in [0.25, 0.3) is 0 Å². The van der Waals surface area contributed by atoms with E-state index in [-0.39, 0.29) is 58.0 Å². The third-order valence-electron chi connectivity index (χ3n) is 27.4. The molecule has 0 spiro atoms. The van der Waals surface area contributed by atoms with Crippen LogP contribution in [0.4, 0.5) is 0 Å². The maximum Gasteiger partial charge on any atom is 6.00 e. The molecular formula is C120H252MoO18P6. The van der Waals surface area contributed by atoms with Crippen molar-refractivity contribution >= 4 is 45.6 Å². The zero-order chi connectivity index (χ0) is 108. The average Bonchev–Trinajstić information content (AvgIpc) is 0.965. The first-order chi connectivity index (χ1) is 69.7. The minimum atomic E-state index is -3.58. The second-order valence-electron chi connectivity index (χ2n) is 42.7. The van der Waals surface area contributed by atoms with E-state index in [1.807, 2.05) is 0 Å². The molecule has 0 amide bonds. The Morgan fingerprint density at radius 1 is 0.110 bits per heavy atom. The zero-order valence-corrected chi connectivity index (χ0v) is 106. The zero-order valence-electron chi connectivity index (χ0n) is 98.8. The van der Waals surface area contributed by atoms with Gasteiger partial charge in [-0.25, -0.2) is 0 Å². The molecule has 0 radical (unpaired) electrons. The maximum absolute atomic E-state index is 11.8. The first-order valence-electron chi connectivity index (χ1n) is 63.4. The molecule has 25 heteroatoms. The predicted molar refractivity (Wildman–Crippen MR) is 622 cm³/mol. The summed E-state index contributed by atoms with van der Waals surface area (Å²) in [5.74, 6) is 0. The minimum Gasteiger partial charge on any atom is -0.778 e. The average molecular weight is 2270 g/mol. The molecule has 0 aliphatic rings. The van der Waals surface area contributed by atoms with Crippen LogP contribution in [0.2, 0.25) is 0 Å². The number of unbranched alkanes of at least 4 members (excludes halogenated alkanes) is 84. The normalized spacial score (nSPS) is 13.9. The monoisotopic (exact) mass is 2270 g/mol. The van der Waals surface area contributed by atoms with E-state index in [1.54, 1.807) is 0 Å². The van der Waals surface area contributed by atoms with Crippen molar-refractivity contribution in [2.24, 2.45) is 0 Å². The molecule has 0 heterocycles. The molecule has 0 aliphatic heterocycles. The maximum atomic E-state index is 11.8. The Bertz CT molecular complexity index is 2230. The van der Waals surface area contributed by atoms with Crippen molar-refractivity contribution in [3.63, 3.8) is 0 Å². The molecule has 0 saturated heterocycles. The molecule has 0 bridgehead atoms. The SMILES string of the molecule is CCCCCCCCCCOP(=O)([O-])CCCCCCCCCC.CCCCCCCCCCOP(=O)([O-])CCCCCCCCCC.CCCCCCCCCCOP(=O)([O-])CCCCCCCCCC.CCCCCCCCCCOP(=O)([O-])CCCCCCCCCC.CCCCCCCCCCOP(=O)([O-])CCCCCCCCCC.CCCCCCCCCCOP(=O)([O-])CCCCCCCCCC.[Mo+6]. The molecule has 876 valence electrons. The fourth-order valence-electron chi connectivity index (χ4n) is 17.7. The third-order valence-corrected chi connectivity index (χ3v) is 36.1. The summed E-state index contributed by atoms with van der Waals surface area (Å²) in [5.41, 5.74) is 0. The molecule has 6 unspecified atom stereocenters. The van der Waals surface area contributed by atoms with Gasteiger partial charge in [0.2, 0.25) is 0 Å². The van der Waals surface area contributed by atoms with Gasteiger partial charge in [-0.3, -0.25) is 0 Å². The van der Waals surface area contributed by atoms with Crippen LogP contribution in [0.15, 0.2) is 0 Å². The summed E-state index contributed by atoms with van der Waals surface area (Å²) >= 11 is 0. The van der Waals surface area contributed by atoms with E-state index in [0.29, 0.717) is 39.6 Å². The molecule has 145 heavy (non-hydrogen) atoms. The van der Waals surface area contributed by atoms with Gasteiger partial charge in [-0.05, 0) is 77.0 Å². The Morgan fingerprint density at radius 2 is 0.172 bits per heavy atom. The number of rotatable bonds is 114. The number of hydrogen-bond donors (Lipinski definition) is 0. The standard InChI is InChI=1S/6C20H43O3P.Mo/c6*1-3-5-7-9-11-13-15-17-19-23-24(21,22)20-18-16-14-12-10-8-6-4-2;/h6*3-20H2,1-2H3,(H,21,22);/q;;;;;;+6/p-6. The van der Waals surface area contributed by atoms with E-state index < -0.39 is 45.6 Å². The van der Waals surface area contributed by atoms with Gasteiger partial charge >= 0.3 is 21.1 Å². The van der Waals surface area contributed by atoms with Crippen molar-refractivity contribution in [1.82, 2.24) is 0 Å². The van der Waals surface area contributed by atoms with Crippen molar-refractivity contribution in [3.05, 3.63) is 0 Å². The van der Waals surface area contributed by atoms with Crippen LogP contribution in [0, 0.1) is 0 Å². The predicted octanol–water partition coefficient (Wildman–Crippen LogP) is 41.0. The van der Waals surface area contributed by atoms with Gasteiger partial charge in [-0.2, -0.15) is 0 Å². The van der Waals surface area contributed by atoms with E-state index >= 15 is 0 Å². The second-order valence-corrected chi connectivity index (χ2v) is 54.3. The molecule has 0 rings (SSSR count). The van der Waals surface area contributed by atoms with Crippen LogP contribution in [0.1, 0.15) is 699 Å². The quantitative estimate of drug-likeness (QED) is 0.0310. The fraction of sp³-hybridized carbons (Fsp3) is 1.00. The van der Waals surface area contributed by atoms with Crippen LogP contribution in [0.5, 0.6) is 0 Å². The van der Waals surface area contributed by atoms with E-state index in [4.69, 9.17) is 27.1 Å². The molecule has 0 aromatic rings. The van der Waals surface area contributed by atoms with Crippen LogP contribution >= 0.6 is 45.6 Å². The van der Waals surface area contributed by atoms with E-state index in [0.717, 1.165) is 193 Å². The molecule has 0 aromatic carbocycles.